The molecule has 0 aromatic heterocycles. The molecule has 1 atom stereocenters. The lowest BCUT2D eigenvalue weighted by molar-refractivity contribution is -0.140. The monoisotopic (exact) mass is 278 g/mol. The van der Waals surface area contributed by atoms with Gasteiger partial charge in [-0.25, -0.2) is 9.59 Å². The van der Waals surface area contributed by atoms with Crippen LogP contribution in [0.1, 0.15) is 12.8 Å². The van der Waals surface area contributed by atoms with E-state index in [1.54, 1.807) is 18.8 Å². The Balaban J connectivity index is 4.26. The second kappa shape index (κ2) is 8.62. The van der Waals surface area contributed by atoms with E-state index in [-0.39, 0.29) is 12.8 Å². The van der Waals surface area contributed by atoms with E-state index in [0.29, 0.717) is 6.54 Å². The van der Waals surface area contributed by atoms with Gasteiger partial charge in [0.15, 0.2) is 0 Å². The van der Waals surface area contributed by atoms with Crippen LogP contribution in [0.2, 0.25) is 0 Å². The molecule has 0 saturated heterocycles. The van der Waals surface area contributed by atoms with Crippen molar-refractivity contribution in [3.63, 3.8) is 0 Å². The molecule has 8 heteroatoms. The number of carboxylic acid groups (broad SMARTS) is 2. The van der Waals surface area contributed by atoms with Crippen LogP contribution in [-0.4, -0.2) is 64.7 Å². The fraction of sp³-hybridized carbons (Fsp3) is 0.700. The van der Waals surface area contributed by atoms with E-state index in [1.807, 2.05) is 6.26 Å². The summed E-state index contributed by atoms with van der Waals surface area (Å²) in [5.41, 5.74) is 0. The third kappa shape index (κ3) is 7.00. The van der Waals surface area contributed by atoms with Crippen LogP contribution in [0.4, 0.5) is 4.79 Å². The van der Waals surface area contributed by atoms with Gasteiger partial charge in [0.1, 0.15) is 6.04 Å². The van der Waals surface area contributed by atoms with Gasteiger partial charge in [0.05, 0.1) is 0 Å². The number of amides is 2. The second-order valence-electron chi connectivity index (χ2n) is 3.69. The zero-order valence-corrected chi connectivity index (χ0v) is 11.2. The maximum atomic E-state index is 11.6. The normalized spacial score (nSPS) is 11.7. The Kier molecular flexibility index (Phi) is 7.93. The number of hydrogen-bond donors (Lipinski definition) is 3. The Morgan fingerprint density at radius 2 is 1.94 bits per heavy atom. The molecular weight excluding hydrogens is 260 g/mol. The summed E-state index contributed by atoms with van der Waals surface area (Å²) in [6.07, 6.45) is 1.47. The van der Waals surface area contributed by atoms with Crippen molar-refractivity contribution in [2.45, 2.75) is 18.9 Å². The average molecular weight is 278 g/mol. The fourth-order valence-corrected chi connectivity index (χ4v) is 1.57. The number of nitrogens with one attached hydrogen (secondary N) is 1. The minimum atomic E-state index is -1.23. The van der Waals surface area contributed by atoms with Crippen molar-refractivity contribution in [3.8, 4) is 0 Å². The minimum absolute atomic E-state index is 0.132. The molecule has 0 heterocycles. The van der Waals surface area contributed by atoms with Gasteiger partial charge in [0, 0.05) is 25.8 Å². The average Bonchev–Trinajstić information content (AvgIpc) is 2.30. The van der Waals surface area contributed by atoms with Crippen LogP contribution < -0.4 is 5.32 Å². The molecule has 2 amide bonds. The first-order valence-corrected chi connectivity index (χ1v) is 6.73. The van der Waals surface area contributed by atoms with Gasteiger partial charge in [0.2, 0.25) is 0 Å². The molecule has 0 aliphatic carbocycles. The van der Waals surface area contributed by atoms with Crippen molar-refractivity contribution in [2.75, 3.05) is 25.6 Å². The highest BCUT2D eigenvalue weighted by atomic mass is 32.2. The highest BCUT2D eigenvalue weighted by Gasteiger charge is 2.22. The Morgan fingerprint density at radius 3 is 2.39 bits per heavy atom. The third-order valence-electron chi connectivity index (χ3n) is 2.22. The molecule has 0 bridgehead atoms. The van der Waals surface area contributed by atoms with Crippen molar-refractivity contribution in [1.29, 1.82) is 0 Å². The molecule has 18 heavy (non-hydrogen) atoms. The topological polar surface area (TPSA) is 107 Å². The van der Waals surface area contributed by atoms with Crippen molar-refractivity contribution in [1.82, 2.24) is 10.2 Å². The Hall–Kier alpha value is -1.44. The predicted octanol–water partition coefficient (Wildman–Crippen LogP) is 0.309. The number of carbonyl (C=O) groups excluding carboxylic acids is 1. The summed E-state index contributed by atoms with van der Waals surface area (Å²) in [6, 6.07) is -1.69. The van der Waals surface area contributed by atoms with Gasteiger partial charge >= 0.3 is 18.0 Å². The highest BCUT2D eigenvalue weighted by molar-refractivity contribution is 7.98. The highest BCUT2D eigenvalue weighted by Crippen LogP contribution is 2.00. The van der Waals surface area contributed by atoms with Gasteiger partial charge in [-0.2, -0.15) is 11.8 Å². The van der Waals surface area contributed by atoms with E-state index >= 15 is 0 Å². The molecule has 0 aliphatic rings. The van der Waals surface area contributed by atoms with Gasteiger partial charge in [-0.1, -0.05) is 0 Å². The minimum Gasteiger partial charge on any atom is -0.481 e. The first-order chi connectivity index (χ1) is 8.38. The smallest absolute Gasteiger partial charge is 0.326 e. The van der Waals surface area contributed by atoms with E-state index in [1.165, 1.54) is 4.90 Å². The number of aliphatic carboxylic acids is 2. The Morgan fingerprint density at radius 1 is 1.33 bits per heavy atom. The largest absolute Gasteiger partial charge is 0.481 e. The Bertz CT molecular complexity index is 311. The van der Waals surface area contributed by atoms with Gasteiger partial charge in [0.25, 0.3) is 0 Å². The second-order valence-corrected chi connectivity index (χ2v) is 4.67. The lowest BCUT2D eigenvalue weighted by Crippen LogP contribution is -2.47. The van der Waals surface area contributed by atoms with Gasteiger partial charge in [-0.3, -0.25) is 4.79 Å². The van der Waals surface area contributed by atoms with E-state index < -0.39 is 24.0 Å². The van der Waals surface area contributed by atoms with E-state index in [9.17, 15) is 14.4 Å². The first kappa shape index (κ1) is 16.6. The van der Waals surface area contributed by atoms with Crippen molar-refractivity contribution in [3.05, 3.63) is 0 Å². The molecule has 3 N–H and O–H groups in total. The third-order valence-corrected chi connectivity index (χ3v) is 2.81. The summed E-state index contributed by atoms with van der Waals surface area (Å²) in [7, 11) is 1.56. The molecule has 0 aliphatic heterocycles. The SMILES string of the molecule is CSCCN(C)C(=O)NC(CCC(=O)O)C(=O)O. The Labute approximate surface area is 110 Å². The van der Waals surface area contributed by atoms with Gasteiger partial charge < -0.3 is 20.4 Å². The number of carbonyl (C=O) groups is 3. The summed E-state index contributed by atoms with van der Waals surface area (Å²) >= 11 is 1.57. The predicted molar refractivity (Wildman–Crippen MR) is 67.8 cm³/mol. The number of nitrogens with zero attached hydrogens (tertiary/aromatic N) is 1. The molecular formula is C10H18N2O5S. The van der Waals surface area contributed by atoms with Crippen LogP contribution in [0.3, 0.4) is 0 Å². The molecule has 0 aromatic carbocycles. The number of rotatable bonds is 8. The molecule has 0 spiro atoms. The van der Waals surface area contributed by atoms with E-state index in [4.69, 9.17) is 10.2 Å². The summed E-state index contributed by atoms with van der Waals surface area (Å²) in [6.45, 7) is 0.498. The van der Waals surface area contributed by atoms with Crippen LogP contribution in [0.15, 0.2) is 0 Å². The lowest BCUT2D eigenvalue weighted by Gasteiger charge is -2.20. The van der Waals surface area contributed by atoms with Crippen LogP contribution in [0, 0.1) is 0 Å². The van der Waals surface area contributed by atoms with Crippen molar-refractivity contribution in [2.24, 2.45) is 0 Å². The molecule has 0 radical (unpaired) electrons. The van der Waals surface area contributed by atoms with Crippen LogP contribution in [0.5, 0.6) is 0 Å². The zero-order chi connectivity index (χ0) is 14.1. The molecule has 7 nitrogen and oxygen atoms in total. The molecule has 0 fully saturated rings. The van der Waals surface area contributed by atoms with Crippen LogP contribution in [-0.2, 0) is 9.59 Å². The van der Waals surface area contributed by atoms with Gasteiger partial charge in [-0.15, -0.1) is 0 Å². The lowest BCUT2D eigenvalue weighted by atomic mass is 10.1. The van der Waals surface area contributed by atoms with Crippen LogP contribution >= 0.6 is 11.8 Å². The summed E-state index contributed by atoms with van der Waals surface area (Å²) in [5.74, 6) is -1.58. The zero-order valence-electron chi connectivity index (χ0n) is 10.4. The van der Waals surface area contributed by atoms with E-state index in [0.717, 1.165) is 5.75 Å². The van der Waals surface area contributed by atoms with Crippen molar-refractivity contribution < 1.29 is 24.6 Å². The number of carboxylic acids is 2. The number of thioether (sulfide) groups is 1. The van der Waals surface area contributed by atoms with E-state index in [2.05, 4.69) is 5.32 Å². The summed E-state index contributed by atoms with van der Waals surface area (Å²) < 4.78 is 0. The number of hydrogen-bond acceptors (Lipinski definition) is 4. The number of urea groups is 1. The molecule has 0 aromatic rings. The van der Waals surface area contributed by atoms with Crippen molar-refractivity contribution >= 4 is 29.7 Å². The maximum Gasteiger partial charge on any atom is 0.326 e. The van der Waals surface area contributed by atoms with Gasteiger partial charge in [-0.05, 0) is 12.7 Å². The molecule has 0 rings (SSSR count). The standard InChI is InChI=1S/C10H18N2O5S/c1-12(5-6-18-2)10(17)11-7(9(15)16)3-4-8(13)14/h7H,3-6H2,1-2H3,(H,11,17)(H,13,14)(H,15,16). The molecule has 104 valence electrons. The maximum absolute atomic E-state index is 11.6. The van der Waals surface area contributed by atoms with Crippen LogP contribution in [0.25, 0.3) is 0 Å². The molecule has 1 unspecified atom stereocenters. The quantitative estimate of drug-likeness (QED) is 0.590. The first-order valence-electron chi connectivity index (χ1n) is 5.33. The molecule has 0 saturated carbocycles. The summed E-state index contributed by atoms with van der Waals surface area (Å²) in [4.78, 5) is 34.2. The summed E-state index contributed by atoms with van der Waals surface area (Å²) in [5, 5.41) is 19.6. The fourth-order valence-electron chi connectivity index (χ4n) is 1.11.